The number of hydrogen-bond donors (Lipinski definition) is 2. The second kappa shape index (κ2) is 6.92. The Balaban J connectivity index is 1.39. The maximum atomic E-state index is 13.7. The molecule has 1 saturated heterocycles. The fourth-order valence-corrected chi connectivity index (χ4v) is 3.81. The van der Waals surface area contributed by atoms with Crippen LogP contribution in [0.5, 0.6) is 0 Å². The van der Waals surface area contributed by atoms with Crippen molar-refractivity contribution in [2.45, 2.75) is 19.4 Å². The standard InChI is InChI=1S/C19H19FN4OS/c1-12-4-5-13(9-15(12)20)19(25)21-14-6-7-24(11-14)18-10-16(22-23-18)17-3-2-8-26-17/h2-5,8-10,14H,6-7,11H2,1H3,(H,21,25)(H,22,23)/t14-/m0/s1. The third kappa shape index (κ3) is 3.35. The van der Waals surface area contributed by atoms with Gasteiger partial charge in [0.2, 0.25) is 0 Å². The lowest BCUT2D eigenvalue weighted by Gasteiger charge is -2.16. The molecule has 7 heteroatoms. The van der Waals surface area contributed by atoms with Crippen LogP contribution in [0.2, 0.25) is 0 Å². The van der Waals surface area contributed by atoms with Crippen molar-refractivity contribution in [2.75, 3.05) is 18.0 Å². The van der Waals surface area contributed by atoms with E-state index in [1.54, 1.807) is 30.4 Å². The van der Waals surface area contributed by atoms with Gasteiger partial charge >= 0.3 is 0 Å². The summed E-state index contributed by atoms with van der Waals surface area (Å²) in [5, 5.41) is 12.5. The Morgan fingerprint density at radius 3 is 3.04 bits per heavy atom. The van der Waals surface area contributed by atoms with Crippen molar-refractivity contribution in [3.8, 4) is 10.6 Å². The van der Waals surface area contributed by atoms with Crippen molar-refractivity contribution >= 4 is 23.1 Å². The molecule has 0 bridgehead atoms. The molecule has 26 heavy (non-hydrogen) atoms. The summed E-state index contributed by atoms with van der Waals surface area (Å²) >= 11 is 1.66. The zero-order valence-corrected chi connectivity index (χ0v) is 15.1. The number of rotatable bonds is 4. The average molecular weight is 370 g/mol. The van der Waals surface area contributed by atoms with Crippen LogP contribution in [0, 0.1) is 12.7 Å². The van der Waals surface area contributed by atoms with E-state index in [0.29, 0.717) is 17.7 Å². The first-order valence-electron chi connectivity index (χ1n) is 8.51. The van der Waals surface area contributed by atoms with E-state index in [9.17, 15) is 9.18 Å². The second-order valence-electron chi connectivity index (χ2n) is 6.49. The van der Waals surface area contributed by atoms with Gasteiger partial charge in [-0.3, -0.25) is 9.89 Å². The molecule has 5 nitrogen and oxygen atoms in total. The highest BCUT2D eigenvalue weighted by Crippen LogP contribution is 2.27. The van der Waals surface area contributed by atoms with Crippen LogP contribution >= 0.6 is 11.3 Å². The first-order chi connectivity index (χ1) is 12.6. The van der Waals surface area contributed by atoms with E-state index in [0.717, 1.165) is 29.4 Å². The number of nitrogens with zero attached hydrogens (tertiary/aromatic N) is 2. The number of anilines is 1. The minimum absolute atomic E-state index is 0.0220. The molecule has 1 fully saturated rings. The first-order valence-corrected chi connectivity index (χ1v) is 9.39. The lowest BCUT2D eigenvalue weighted by Crippen LogP contribution is -2.37. The van der Waals surface area contributed by atoms with Crippen LogP contribution in [0.4, 0.5) is 10.2 Å². The number of amides is 1. The molecule has 2 N–H and O–H groups in total. The minimum Gasteiger partial charge on any atom is -0.353 e. The lowest BCUT2D eigenvalue weighted by atomic mass is 10.1. The van der Waals surface area contributed by atoms with Crippen LogP contribution in [0.15, 0.2) is 41.8 Å². The molecule has 3 heterocycles. The molecule has 1 aliphatic heterocycles. The molecule has 134 valence electrons. The number of carbonyl (C=O) groups excluding carboxylic acids is 1. The van der Waals surface area contributed by atoms with Gasteiger partial charge in [-0.2, -0.15) is 5.10 Å². The highest BCUT2D eigenvalue weighted by atomic mass is 32.1. The summed E-state index contributed by atoms with van der Waals surface area (Å²) in [5.41, 5.74) is 1.89. The molecule has 1 aromatic carbocycles. The highest BCUT2D eigenvalue weighted by Gasteiger charge is 2.26. The molecule has 1 atom stereocenters. The monoisotopic (exact) mass is 370 g/mol. The fraction of sp³-hybridized carbons (Fsp3) is 0.263. The third-order valence-electron chi connectivity index (χ3n) is 4.63. The molecule has 0 radical (unpaired) electrons. The van der Waals surface area contributed by atoms with Crippen molar-refractivity contribution in [2.24, 2.45) is 0 Å². The largest absolute Gasteiger partial charge is 0.353 e. The first kappa shape index (κ1) is 16.8. The van der Waals surface area contributed by atoms with Crippen LogP contribution in [0.1, 0.15) is 22.3 Å². The van der Waals surface area contributed by atoms with E-state index in [-0.39, 0.29) is 17.8 Å². The molecule has 1 amide bonds. The molecule has 4 rings (SSSR count). The lowest BCUT2D eigenvalue weighted by molar-refractivity contribution is 0.0940. The van der Waals surface area contributed by atoms with Gasteiger partial charge in [-0.1, -0.05) is 12.1 Å². The molecule has 0 spiro atoms. The second-order valence-corrected chi connectivity index (χ2v) is 7.43. The number of H-pyrrole nitrogens is 1. The van der Waals surface area contributed by atoms with Crippen LogP contribution < -0.4 is 10.2 Å². The summed E-state index contributed by atoms with van der Waals surface area (Å²) in [5.74, 6) is 0.284. The molecule has 3 aromatic rings. The van der Waals surface area contributed by atoms with Gasteiger partial charge < -0.3 is 10.2 Å². The van der Waals surface area contributed by atoms with Crippen molar-refractivity contribution in [1.82, 2.24) is 15.5 Å². The van der Waals surface area contributed by atoms with Gasteiger partial charge in [-0.05, 0) is 42.5 Å². The van der Waals surface area contributed by atoms with Crippen LogP contribution in [0.3, 0.4) is 0 Å². The number of benzene rings is 1. The van der Waals surface area contributed by atoms with Crippen molar-refractivity contribution < 1.29 is 9.18 Å². The summed E-state index contributed by atoms with van der Waals surface area (Å²) < 4.78 is 13.7. The van der Waals surface area contributed by atoms with Gasteiger partial charge in [0.1, 0.15) is 5.82 Å². The Labute approximate surface area is 154 Å². The Morgan fingerprint density at radius 2 is 2.27 bits per heavy atom. The van der Waals surface area contributed by atoms with E-state index < -0.39 is 0 Å². The summed E-state index contributed by atoms with van der Waals surface area (Å²) in [4.78, 5) is 15.6. The van der Waals surface area contributed by atoms with E-state index in [1.807, 2.05) is 17.5 Å². The molecule has 0 unspecified atom stereocenters. The van der Waals surface area contributed by atoms with Crippen molar-refractivity contribution in [1.29, 1.82) is 0 Å². The molecule has 2 aromatic heterocycles. The maximum absolute atomic E-state index is 13.7. The number of carbonyl (C=O) groups is 1. The van der Waals surface area contributed by atoms with Gasteiger partial charge in [0.25, 0.3) is 5.91 Å². The normalized spacial score (nSPS) is 16.8. The highest BCUT2D eigenvalue weighted by molar-refractivity contribution is 7.13. The van der Waals surface area contributed by atoms with Gasteiger partial charge in [0, 0.05) is 30.8 Å². The number of nitrogens with one attached hydrogen (secondary N) is 2. The number of halogens is 1. The van der Waals surface area contributed by atoms with E-state index in [4.69, 9.17) is 0 Å². The number of aromatic nitrogens is 2. The van der Waals surface area contributed by atoms with Gasteiger partial charge in [0.15, 0.2) is 5.82 Å². The summed E-state index contributed by atoms with van der Waals surface area (Å²) in [7, 11) is 0. The van der Waals surface area contributed by atoms with Crippen LogP contribution in [0.25, 0.3) is 10.6 Å². The molecular formula is C19H19FN4OS. The predicted molar refractivity (Wildman–Crippen MR) is 101 cm³/mol. The Bertz CT molecular complexity index is 922. The van der Waals surface area contributed by atoms with Crippen LogP contribution in [-0.2, 0) is 0 Å². The molecular weight excluding hydrogens is 351 g/mol. The van der Waals surface area contributed by atoms with E-state index in [2.05, 4.69) is 26.5 Å². The number of thiophene rings is 1. The summed E-state index contributed by atoms with van der Waals surface area (Å²) in [6.07, 6.45) is 0.835. The average Bonchev–Trinajstić information content (AvgIpc) is 3.37. The quantitative estimate of drug-likeness (QED) is 0.738. The fourth-order valence-electron chi connectivity index (χ4n) is 3.12. The smallest absolute Gasteiger partial charge is 0.251 e. The molecule has 0 saturated carbocycles. The predicted octanol–water partition coefficient (Wildman–Crippen LogP) is 3.59. The van der Waals surface area contributed by atoms with Crippen molar-refractivity contribution in [3.05, 3.63) is 58.7 Å². The van der Waals surface area contributed by atoms with Crippen molar-refractivity contribution in [3.63, 3.8) is 0 Å². The van der Waals surface area contributed by atoms with E-state index >= 15 is 0 Å². The Hall–Kier alpha value is -2.67. The van der Waals surface area contributed by atoms with Gasteiger partial charge in [-0.25, -0.2) is 4.39 Å². The van der Waals surface area contributed by atoms with Gasteiger partial charge in [0.05, 0.1) is 10.6 Å². The number of aromatic amines is 1. The maximum Gasteiger partial charge on any atom is 0.251 e. The molecule has 1 aliphatic rings. The van der Waals surface area contributed by atoms with E-state index in [1.165, 1.54) is 6.07 Å². The summed E-state index contributed by atoms with van der Waals surface area (Å²) in [6, 6.07) is 10.7. The van der Waals surface area contributed by atoms with Gasteiger partial charge in [-0.15, -0.1) is 11.3 Å². The third-order valence-corrected chi connectivity index (χ3v) is 5.54. The zero-order chi connectivity index (χ0) is 18.1. The number of hydrogen-bond acceptors (Lipinski definition) is 4. The SMILES string of the molecule is Cc1ccc(C(=O)N[C@H]2CCN(c3cc(-c4cccs4)[nH]n3)C2)cc1F. The molecule has 0 aliphatic carbocycles. The summed E-state index contributed by atoms with van der Waals surface area (Å²) in [6.45, 7) is 3.19. The zero-order valence-electron chi connectivity index (χ0n) is 14.3. The Morgan fingerprint density at radius 1 is 1.38 bits per heavy atom. The van der Waals surface area contributed by atoms with Crippen LogP contribution in [-0.4, -0.2) is 35.2 Å². The minimum atomic E-state index is -0.358. The Kier molecular flexibility index (Phi) is 4.46. The topological polar surface area (TPSA) is 61.0 Å². The number of aryl methyl sites for hydroxylation is 1.